The molecule has 0 bridgehead atoms. The molecule has 0 aliphatic carbocycles. The fourth-order valence-electron chi connectivity index (χ4n) is 1.71. The van der Waals surface area contributed by atoms with Crippen LogP contribution in [0.4, 0.5) is 5.69 Å². The van der Waals surface area contributed by atoms with Gasteiger partial charge in [0.2, 0.25) is 0 Å². The number of hydrogen-bond acceptors (Lipinski definition) is 3. The maximum Gasteiger partial charge on any atom is 0.119 e. The van der Waals surface area contributed by atoms with Gasteiger partial charge in [-0.05, 0) is 61.4 Å². The highest BCUT2D eigenvalue weighted by Crippen LogP contribution is 2.11. The van der Waals surface area contributed by atoms with Crippen molar-refractivity contribution in [3.63, 3.8) is 0 Å². The van der Waals surface area contributed by atoms with E-state index in [2.05, 4.69) is 29.6 Å². The first-order valence-electron chi connectivity index (χ1n) is 6.36. The van der Waals surface area contributed by atoms with Crippen LogP contribution in [0.15, 0.2) is 53.6 Å². The van der Waals surface area contributed by atoms with E-state index in [1.165, 1.54) is 5.56 Å². The molecule has 0 saturated carbocycles. The summed E-state index contributed by atoms with van der Waals surface area (Å²) in [7, 11) is 0. The van der Waals surface area contributed by atoms with Gasteiger partial charge in [0.05, 0.1) is 18.5 Å². The quantitative estimate of drug-likeness (QED) is 0.649. The van der Waals surface area contributed by atoms with Crippen molar-refractivity contribution in [1.29, 1.82) is 0 Å². The topological polar surface area (TPSA) is 33.6 Å². The zero-order valence-electron chi connectivity index (χ0n) is 11.3. The van der Waals surface area contributed by atoms with E-state index in [4.69, 9.17) is 4.74 Å². The van der Waals surface area contributed by atoms with Crippen LogP contribution in [0.5, 0.6) is 5.75 Å². The molecule has 2 rings (SSSR count). The molecule has 0 spiro atoms. The summed E-state index contributed by atoms with van der Waals surface area (Å²) in [6.45, 7) is 4.71. The Bertz CT molecular complexity index is 547. The molecule has 0 aromatic heterocycles. The van der Waals surface area contributed by atoms with E-state index in [-0.39, 0.29) is 0 Å². The average Bonchev–Trinajstić information content (AvgIpc) is 2.41. The first-order valence-corrected chi connectivity index (χ1v) is 6.36. The Labute approximate surface area is 113 Å². The molecule has 0 aliphatic heterocycles. The number of anilines is 1. The van der Waals surface area contributed by atoms with Gasteiger partial charge in [-0.15, -0.1) is 0 Å². The van der Waals surface area contributed by atoms with Crippen molar-refractivity contribution in [2.24, 2.45) is 5.10 Å². The molecular formula is C16H18N2O. The Kier molecular flexibility index (Phi) is 4.56. The number of hydrazone groups is 1. The van der Waals surface area contributed by atoms with Crippen LogP contribution < -0.4 is 10.2 Å². The summed E-state index contributed by atoms with van der Waals surface area (Å²) in [5, 5.41) is 4.21. The van der Waals surface area contributed by atoms with Gasteiger partial charge in [-0.1, -0.05) is 12.1 Å². The lowest BCUT2D eigenvalue weighted by atomic mass is 10.2. The predicted molar refractivity (Wildman–Crippen MR) is 80.0 cm³/mol. The summed E-state index contributed by atoms with van der Waals surface area (Å²) >= 11 is 0. The van der Waals surface area contributed by atoms with Crippen molar-refractivity contribution < 1.29 is 4.74 Å². The van der Waals surface area contributed by atoms with Crippen molar-refractivity contribution in [3.05, 3.63) is 59.7 Å². The van der Waals surface area contributed by atoms with Crippen LogP contribution in [0.25, 0.3) is 0 Å². The normalized spacial score (nSPS) is 10.6. The second-order valence-electron chi connectivity index (χ2n) is 4.24. The van der Waals surface area contributed by atoms with Gasteiger partial charge in [0.15, 0.2) is 0 Å². The number of aryl methyl sites for hydroxylation is 1. The molecule has 1 N–H and O–H groups in total. The lowest BCUT2D eigenvalue weighted by Gasteiger charge is -2.03. The van der Waals surface area contributed by atoms with Crippen molar-refractivity contribution in [3.8, 4) is 5.75 Å². The highest BCUT2D eigenvalue weighted by molar-refractivity contribution is 5.80. The maximum absolute atomic E-state index is 5.39. The average molecular weight is 254 g/mol. The Morgan fingerprint density at radius 3 is 2.63 bits per heavy atom. The van der Waals surface area contributed by atoms with Crippen LogP contribution in [0, 0.1) is 6.92 Å². The first-order chi connectivity index (χ1) is 9.28. The van der Waals surface area contributed by atoms with Gasteiger partial charge in [-0.2, -0.15) is 5.10 Å². The van der Waals surface area contributed by atoms with Gasteiger partial charge < -0.3 is 4.74 Å². The molecule has 0 unspecified atom stereocenters. The van der Waals surface area contributed by atoms with Crippen LogP contribution in [-0.2, 0) is 0 Å². The fourth-order valence-corrected chi connectivity index (χ4v) is 1.71. The molecule has 0 amide bonds. The molecule has 0 atom stereocenters. The van der Waals surface area contributed by atoms with Gasteiger partial charge in [-0.3, -0.25) is 5.43 Å². The molecule has 2 aromatic carbocycles. The molecular weight excluding hydrogens is 236 g/mol. The predicted octanol–water partition coefficient (Wildman–Crippen LogP) is 3.84. The number of rotatable bonds is 5. The molecule has 98 valence electrons. The van der Waals surface area contributed by atoms with Gasteiger partial charge in [-0.25, -0.2) is 0 Å². The summed E-state index contributed by atoms with van der Waals surface area (Å²) in [6, 6.07) is 15.9. The molecule has 2 aromatic rings. The minimum Gasteiger partial charge on any atom is -0.494 e. The third kappa shape index (κ3) is 4.14. The Morgan fingerprint density at radius 1 is 1.16 bits per heavy atom. The van der Waals surface area contributed by atoms with Crippen LogP contribution in [0.1, 0.15) is 18.1 Å². The van der Waals surface area contributed by atoms with Gasteiger partial charge >= 0.3 is 0 Å². The van der Waals surface area contributed by atoms with Crippen molar-refractivity contribution in [2.75, 3.05) is 12.0 Å². The van der Waals surface area contributed by atoms with Crippen LogP contribution in [0.3, 0.4) is 0 Å². The number of hydrogen-bond donors (Lipinski definition) is 1. The van der Waals surface area contributed by atoms with Gasteiger partial charge in [0.1, 0.15) is 5.75 Å². The lowest BCUT2D eigenvalue weighted by Crippen LogP contribution is -1.93. The third-order valence-electron chi connectivity index (χ3n) is 2.62. The summed E-state index contributed by atoms with van der Waals surface area (Å²) in [5.41, 5.74) is 6.24. The molecule has 0 radical (unpaired) electrons. The van der Waals surface area contributed by atoms with Crippen LogP contribution in [0.2, 0.25) is 0 Å². The van der Waals surface area contributed by atoms with Crippen LogP contribution >= 0.6 is 0 Å². The maximum atomic E-state index is 5.39. The zero-order chi connectivity index (χ0) is 13.5. The van der Waals surface area contributed by atoms with E-state index in [0.29, 0.717) is 6.61 Å². The monoisotopic (exact) mass is 254 g/mol. The summed E-state index contributed by atoms with van der Waals surface area (Å²) < 4.78 is 5.39. The largest absolute Gasteiger partial charge is 0.494 e. The number of ether oxygens (including phenoxy) is 1. The summed E-state index contributed by atoms with van der Waals surface area (Å²) in [5.74, 6) is 0.881. The fraction of sp³-hybridized carbons (Fsp3) is 0.188. The first kappa shape index (κ1) is 13.1. The van der Waals surface area contributed by atoms with E-state index < -0.39 is 0 Å². The summed E-state index contributed by atoms with van der Waals surface area (Å²) in [4.78, 5) is 0. The van der Waals surface area contributed by atoms with E-state index in [9.17, 15) is 0 Å². The van der Waals surface area contributed by atoms with Crippen LogP contribution in [-0.4, -0.2) is 12.8 Å². The van der Waals surface area contributed by atoms with Crippen molar-refractivity contribution in [2.45, 2.75) is 13.8 Å². The molecule has 19 heavy (non-hydrogen) atoms. The molecule has 0 aliphatic rings. The number of nitrogens with one attached hydrogen (secondary N) is 1. The minimum atomic E-state index is 0.683. The highest BCUT2D eigenvalue weighted by Gasteiger charge is 1.92. The molecule has 3 nitrogen and oxygen atoms in total. The SMILES string of the molecule is CCOc1ccc(/C=N\Nc2cccc(C)c2)cc1. The Balaban J connectivity index is 1.95. The minimum absolute atomic E-state index is 0.683. The van der Waals surface area contributed by atoms with E-state index in [0.717, 1.165) is 17.0 Å². The number of nitrogens with zero attached hydrogens (tertiary/aromatic N) is 1. The smallest absolute Gasteiger partial charge is 0.119 e. The molecule has 0 saturated heterocycles. The van der Waals surface area contributed by atoms with E-state index in [1.54, 1.807) is 6.21 Å². The van der Waals surface area contributed by atoms with E-state index >= 15 is 0 Å². The second-order valence-corrected chi connectivity index (χ2v) is 4.24. The van der Waals surface area contributed by atoms with Crippen molar-refractivity contribution in [1.82, 2.24) is 0 Å². The highest BCUT2D eigenvalue weighted by atomic mass is 16.5. The molecule has 3 heteroatoms. The molecule has 0 fully saturated rings. The third-order valence-corrected chi connectivity index (χ3v) is 2.62. The van der Waals surface area contributed by atoms with E-state index in [1.807, 2.05) is 43.3 Å². The zero-order valence-corrected chi connectivity index (χ0v) is 11.3. The number of benzene rings is 2. The summed E-state index contributed by atoms with van der Waals surface area (Å²) in [6.07, 6.45) is 1.79. The molecule has 0 heterocycles. The standard InChI is InChI=1S/C16H18N2O/c1-3-19-16-9-7-14(8-10-16)12-17-18-15-6-4-5-13(2)11-15/h4-12,18H,3H2,1-2H3/b17-12-. The Morgan fingerprint density at radius 2 is 1.95 bits per heavy atom. The Hall–Kier alpha value is -2.29. The van der Waals surface area contributed by atoms with Crippen molar-refractivity contribution >= 4 is 11.9 Å². The van der Waals surface area contributed by atoms with Gasteiger partial charge in [0, 0.05) is 0 Å². The lowest BCUT2D eigenvalue weighted by molar-refractivity contribution is 0.340. The van der Waals surface area contributed by atoms with Gasteiger partial charge in [0.25, 0.3) is 0 Å². The second kappa shape index (κ2) is 6.59.